The highest BCUT2D eigenvalue weighted by Crippen LogP contribution is 2.48. The Bertz CT molecular complexity index is 1240. The van der Waals surface area contributed by atoms with Crippen LogP contribution in [-0.2, 0) is 9.09 Å². The molecule has 0 aliphatic heterocycles. The Balaban J connectivity index is 2.14. The van der Waals surface area contributed by atoms with Crippen LogP contribution >= 0.6 is 19.0 Å². The number of nitrogens with two attached hydrogens (primary N) is 1. The van der Waals surface area contributed by atoms with E-state index in [-0.39, 0.29) is 11.0 Å². The number of aromatic nitrogens is 1. The first-order valence-corrected chi connectivity index (χ1v) is 10.2. The van der Waals surface area contributed by atoms with E-state index in [1.54, 1.807) is 24.3 Å². The number of hydrogen-bond acceptors (Lipinski definition) is 3. The number of fused-ring (bicyclic) bond motifs is 2. The Labute approximate surface area is 160 Å². The molecule has 0 fully saturated rings. The topological polar surface area (TPSA) is 85.2 Å². The summed E-state index contributed by atoms with van der Waals surface area (Å²) in [5.74, 6) is -0.713. The molecule has 1 amide bonds. The zero-order valence-electron chi connectivity index (χ0n) is 14.4. The SMILES string of the molecule is COP(=O)(c1cccc2ccccc12)c1c(C(N)=O)[nH]c2ccc(Cl)cc12. The fourth-order valence-corrected chi connectivity index (χ4v) is 5.97. The Morgan fingerprint density at radius 3 is 2.56 bits per heavy atom. The largest absolute Gasteiger partial charge is 0.364 e. The number of primary amides is 1. The molecule has 27 heavy (non-hydrogen) atoms. The third-order valence-electron chi connectivity index (χ3n) is 4.61. The van der Waals surface area contributed by atoms with Crippen LogP contribution in [0, 0.1) is 0 Å². The Hall–Kier alpha value is -2.59. The molecule has 1 unspecified atom stereocenters. The van der Waals surface area contributed by atoms with E-state index >= 15 is 0 Å². The molecule has 136 valence electrons. The van der Waals surface area contributed by atoms with Gasteiger partial charge in [-0.1, -0.05) is 48.0 Å². The molecule has 0 bridgehead atoms. The molecule has 0 aliphatic rings. The van der Waals surface area contributed by atoms with Crippen LogP contribution in [0.3, 0.4) is 0 Å². The molecule has 3 aromatic carbocycles. The fraction of sp³-hybridized carbons (Fsp3) is 0.0500. The van der Waals surface area contributed by atoms with Gasteiger partial charge in [0.25, 0.3) is 13.3 Å². The summed E-state index contributed by atoms with van der Waals surface area (Å²) in [5, 5.41) is 3.47. The van der Waals surface area contributed by atoms with Gasteiger partial charge in [0.2, 0.25) is 0 Å². The molecule has 7 heteroatoms. The molecule has 0 spiro atoms. The van der Waals surface area contributed by atoms with E-state index < -0.39 is 13.3 Å². The van der Waals surface area contributed by atoms with Gasteiger partial charge in [0.05, 0.1) is 5.30 Å². The number of rotatable bonds is 4. The molecule has 1 heterocycles. The number of H-pyrrole nitrogens is 1. The highest BCUT2D eigenvalue weighted by molar-refractivity contribution is 7.75. The van der Waals surface area contributed by atoms with Gasteiger partial charge < -0.3 is 15.2 Å². The second kappa shape index (κ2) is 6.54. The quantitative estimate of drug-likeness (QED) is 0.510. The van der Waals surface area contributed by atoms with Crippen LogP contribution < -0.4 is 16.3 Å². The minimum atomic E-state index is -3.65. The third kappa shape index (κ3) is 2.76. The molecule has 4 rings (SSSR count). The Morgan fingerprint density at radius 1 is 1.07 bits per heavy atom. The highest BCUT2D eigenvalue weighted by atomic mass is 35.5. The van der Waals surface area contributed by atoms with Crippen LogP contribution in [0.4, 0.5) is 0 Å². The van der Waals surface area contributed by atoms with Crippen molar-refractivity contribution in [3.63, 3.8) is 0 Å². The van der Waals surface area contributed by atoms with Gasteiger partial charge in [-0.15, -0.1) is 0 Å². The maximum absolute atomic E-state index is 14.2. The van der Waals surface area contributed by atoms with E-state index in [4.69, 9.17) is 21.9 Å². The summed E-state index contributed by atoms with van der Waals surface area (Å²) in [6, 6.07) is 18.1. The van der Waals surface area contributed by atoms with Crippen molar-refractivity contribution in [2.24, 2.45) is 5.73 Å². The molecule has 0 aliphatic carbocycles. The van der Waals surface area contributed by atoms with Crippen molar-refractivity contribution in [3.05, 3.63) is 71.4 Å². The molecule has 0 saturated heterocycles. The second-order valence-corrected chi connectivity index (χ2v) is 8.97. The van der Waals surface area contributed by atoms with Gasteiger partial charge in [-0.3, -0.25) is 9.36 Å². The number of amides is 1. The predicted octanol–water partition coefficient (Wildman–Crippen LogP) is 3.95. The lowest BCUT2D eigenvalue weighted by atomic mass is 10.1. The standard InChI is InChI=1S/C20H16ClN2O3P/c1-26-27(25,17-8-4-6-12-5-2-3-7-14(12)17)19-15-11-13(21)9-10-16(15)23-18(19)20(22)24/h2-11,23H,1H3,(H2,22,24). The van der Waals surface area contributed by atoms with Crippen molar-refractivity contribution in [3.8, 4) is 0 Å². The summed E-state index contributed by atoms with van der Waals surface area (Å²) in [4.78, 5) is 15.1. The smallest absolute Gasteiger partial charge is 0.266 e. The number of nitrogens with one attached hydrogen (secondary N) is 1. The molecular formula is C20H16ClN2O3P. The van der Waals surface area contributed by atoms with E-state index in [2.05, 4.69) is 4.98 Å². The summed E-state index contributed by atoms with van der Waals surface area (Å²) in [6.07, 6.45) is 0. The van der Waals surface area contributed by atoms with Crippen molar-refractivity contribution in [2.45, 2.75) is 0 Å². The molecule has 0 saturated carbocycles. The van der Waals surface area contributed by atoms with Crippen molar-refractivity contribution < 1.29 is 13.9 Å². The van der Waals surface area contributed by atoms with E-state index in [1.165, 1.54) is 7.11 Å². The number of halogens is 1. The lowest BCUT2D eigenvalue weighted by molar-refractivity contribution is 0.0997. The van der Waals surface area contributed by atoms with Gasteiger partial charge in [-0.2, -0.15) is 0 Å². The number of benzene rings is 3. The van der Waals surface area contributed by atoms with Gasteiger partial charge in [0.1, 0.15) is 5.69 Å². The number of carbonyl (C=O) groups is 1. The maximum atomic E-state index is 14.2. The number of aromatic amines is 1. The van der Waals surface area contributed by atoms with Crippen LogP contribution in [0.1, 0.15) is 10.5 Å². The molecule has 1 atom stereocenters. The highest BCUT2D eigenvalue weighted by Gasteiger charge is 2.36. The van der Waals surface area contributed by atoms with Crippen LogP contribution in [0.2, 0.25) is 5.02 Å². The van der Waals surface area contributed by atoms with E-state index in [1.807, 2.05) is 36.4 Å². The van der Waals surface area contributed by atoms with Gasteiger partial charge in [-0.05, 0) is 35.0 Å². The van der Waals surface area contributed by atoms with Crippen molar-refractivity contribution in [1.29, 1.82) is 0 Å². The summed E-state index contributed by atoms with van der Waals surface area (Å²) in [7, 11) is -2.28. The average molecular weight is 399 g/mol. The average Bonchev–Trinajstić information content (AvgIpc) is 3.06. The monoisotopic (exact) mass is 398 g/mol. The Kier molecular flexibility index (Phi) is 4.31. The third-order valence-corrected chi connectivity index (χ3v) is 7.44. The van der Waals surface area contributed by atoms with Crippen LogP contribution in [0.15, 0.2) is 60.7 Å². The minimum absolute atomic E-state index is 0.0605. The summed E-state index contributed by atoms with van der Waals surface area (Å²) >= 11 is 6.15. The first-order valence-electron chi connectivity index (χ1n) is 8.21. The molecule has 5 nitrogen and oxygen atoms in total. The minimum Gasteiger partial charge on any atom is -0.364 e. The maximum Gasteiger partial charge on any atom is 0.266 e. The van der Waals surface area contributed by atoms with Crippen LogP contribution in [0.25, 0.3) is 21.7 Å². The summed E-state index contributed by atoms with van der Waals surface area (Å²) < 4.78 is 19.8. The Morgan fingerprint density at radius 2 is 1.81 bits per heavy atom. The lowest BCUT2D eigenvalue weighted by Gasteiger charge is -2.19. The molecule has 0 radical (unpaired) electrons. The van der Waals surface area contributed by atoms with Gasteiger partial charge in [0.15, 0.2) is 0 Å². The zero-order chi connectivity index (χ0) is 19.2. The number of carbonyl (C=O) groups excluding carboxylic acids is 1. The lowest BCUT2D eigenvalue weighted by Crippen LogP contribution is -2.26. The first kappa shape index (κ1) is 17.8. The van der Waals surface area contributed by atoms with E-state index in [9.17, 15) is 9.36 Å². The van der Waals surface area contributed by atoms with Crippen molar-refractivity contribution in [2.75, 3.05) is 7.11 Å². The van der Waals surface area contributed by atoms with Crippen LogP contribution in [-0.4, -0.2) is 18.0 Å². The fourth-order valence-electron chi connectivity index (χ4n) is 3.41. The number of hydrogen-bond donors (Lipinski definition) is 2. The normalized spacial score (nSPS) is 13.7. The second-order valence-electron chi connectivity index (χ2n) is 6.14. The van der Waals surface area contributed by atoms with Crippen LogP contribution in [0.5, 0.6) is 0 Å². The molecule has 3 N–H and O–H groups in total. The van der Waals surface area contributed by atoms with E-state index in [0.717, 1.165) is 10.8 Å². The first-order chi connectivity index (χ1) is 13.0. The molecule has 4 aromatic rings. The summed E-state index contributed by atoms with van der Waals surface area (Å²) in [6.45, 7) is 0. The van der Waals surface area contributed by atoms with Crippen molar-refractivity contribution in [1.82, 2.24) is 4.98 Å². The van der Waals surface area contributed by atoms with Gasteiger partial charge >= 0.3 is 0 Å². The van der Waals surface area contributed by atoms with Crippen molar-refractivity contribution >= 4 is 57.2 Å². The van der Waals surface area contributed by atoms with Gasteiger partial charge in [-0.25, -0.2) is 0 Å². The zero-order valence-corrected chi connectivity index (χ0v) is 16.1. The molecule has 1 aromatic heterocycles. The summed E-state index contributed by atoms with van der Waals surface area (Å²) in [5.41, 5.74) is 6.25. The van der Waals surface area contributed by atoms with E-state index in [0.29, 0.717) is 21.2 Å². The predicted molar refractivity (Wildman–Crippen MR) is 110 cm³/mol. The van der Waals surface area contributed by atoms with Gasteiger partial charge in [0, 0.05) is 28.3 Å². The molecular weight excluding hydrogens is 383 g/mol.